The molecule has 1 aromatic heterocycles. The Kier molecular flexibility index (Phi) is 5.18. The van der Waals surface area contributed by atoms with Crippen LogP contribution in [0.2, 0.25) is 5.02 Å². The molecule has 5 nitrogen and oxygen atoms in total. The lowest BCUT2D eigenvalue weighted by molar-refractivity contribution is -0.0670. The van der Waals surface area contributed by atoms with E-state index in [1.54, 1.807) is 28.8 Å². The van der Waals surface area contributed by atoms with Crippen molar-refractivity contribution in [1.29, 1.82) is 0 Å². The molecule has 0 aliphatic carbocycles. The maximum atomic E-state index is 12.9. The van der Waals surface area contributed by atoms with E-state index < -0.39 is 11.5 Å². The molecule has 2 aromatic rings. The molecule has 0 saturated carbocycles. The monoisotopic (exact) mass is 362 g/mol. The number of halogens is 1. The second-order valence-corrected chi connectivity index (χ2v) is 7.30. The maximum Gasteiger partial charge on any atom is 0.270 e. The molecular formula is C19H23ClN2O3. The third-order valence-corrected chi connectivity index (χ3v) is 5.28. The third-order valence-electron chi connectivity index (χ3n) is 5.08. The van der Waals surface area contributed by atoms with Gasteiger partial charge in [-0.15, -0.1) is 0 Å². The fourth-order valence-corrected chi connectivity index (χ4v) is 3.86. The van der Waals surface area contributed by atoms with Gasteiger partial charge in [0.15, 0.2) is 0 Å². The highest BCUT2D eigenvalue weighted by atomic mass is 35.5. The van der Waals surface area contributed by atoms with Crippen LogP contribution in [0.1, 0.15) is 22.5 Å². The number of hydrogen-bond donors (Lipinski definition) is 2. The predicted octanol–water partition coefficient (Wildman–Crippen LogP) is 2.11. The fraction of sp³-hybridized carbons (Fsp3) is 0.421. The van der Waals surface area contributed by atoms with Gasteiger partial charge in [0.05, 0.1) is 17.7 Å². The molecule has 2 atom stereocenters. The highest BCUT2D eigenvalue weighted by molar-refractivity contribution is 6.31. The molecular weight excluding hydrogens is 340 g/mol. The summed E-state index contributed by atoms with van der Waals surface area (Å²) in [6.45, 7) is 0.585. The molecule has 0 radical (unpaired) electrons. The van der Waals surface area contributed by atoms with Crippen molar-refractivity contribution in [3.63, 3.8) is 0 Å². The van der Waals surface area contributed by atoms with E-state index in [2.05, 4.69) is 0 Å². The topological polar surface area (TPSA) is 65.7 Å². The number of rotatable bonds is 4. The summed E-state index contributed by atoms with van der Waals surface area (Å²) in [7, 11) is 1.78. The van der Waals surface area contributed by atoms with Gasteiger partial charge >= 0.3 is 0 Å². The Morgan fingerprint density at radius 3 is 2.68 bits per heavy atom. The zero-order valence-corrected chi connectivity index (χ0v) is 15.0. The maximum absolute atomic E-state index is 12.9. The number of aliphatic hydroxyl groups excluding tert-OH is 2. The smallest absolute Gasteiger partial charge is 0.270 e. The van der Waals surface area contributed by atoms with Gasteiger partial charge in [-0.05, 0) is 24.5 Å². The molecule has 134 valence electrons. The second-order valence-electron chi connectivity index (χ2n) is 6.87. The van der Waals surface area contributed by atoms with Crippen LogP contribution >= 0.6 is 11.6 Å². The number of aryl methyl sites for hydroxylation is 1. The van der Waals surface area contributed by atoms with Gasteiger partial charge in [0, 0.05) is 31.7 Å². The molecule has 2 heterocycles. The second kappa shape index (κ2) is 7.20. The summed E-state index contributed by atoms with van der Waals surface area (Å²) in [5, 5.41) is 21.2. The van der Waals surface area contributed by atoms with E-state index in [0.29, 0.717) is 36.6 Å². The van der Waals surface area contributed by atoms with E-state index in [9.17, 15) is 15.0 Å². The van der Waals surface area contributed by atoms with Crippen LogP contribution in [0.5, 0.6) is 0 Å². The van der Waals surface area contributed by atoms with Crippen LogP contribution in [0, 0.1) is 5.41 Å². The first-order valence-electron chi connectivity index (χ1n) is 8.39. The number of aromatic nitrogens is 1. The normalized spacial score (nSPS) is 23.7. The Bertz CT molecular complexity index is 746. The summed E-state index contributed by atoms with van der Waals surface area (Å²) in [6, 6.07) is 11.4. The summed E-state index contributed by atoms with van der Waals surface area (Å²) in [5.41, 5.74) is 0.782. The highest BCUT2D eigenvalue weighted by Gasteiger charge is 2.44. The number of hydrogen-bond acceptors (Lipinski definition) is 3. The molecule has 0 bridgehead atoms. The SMILES string of the molecule is Cn1cc(Cl)cc1C(=O)N1CC[C@H](O)[C@](CO)(Cc2ccccc2)C1. The summed E-state index contributed by atoms with van der Waals surface area (Å²) >= 11 is 5.99. The molecule has 6 heteroatoms. The number of carbonyl (C=O) groups is 1. The van der Waals surface area contributed by atoms with Crippen molar-refractivity contribution in [3.05, 3.63) is 58.9 Å². The van der Waals surface area contributed by atoms with Crippen molar-refractivity contribution >= 4 is 17.5 Å². The predicted molar refractivity (Wildman–Crippen MR) is 96.6 cm³/mol. The zero-order valence-electron chi connectivity index (χ0n) is 14.2. The van der Waals surface area contributed by atoms with Crippen molar-refractivity contribution in [2.75, 3.05) is 19.7 Å². The van der Waals surface area contributed by atoms with Crippen LogP contribution in [0.3, 0.4) is 0 Å². The number of likely N-dealkylation sites (tertiary alicyclic amines) is 1. The first-order valence-corrected chi connectivity index (χ1v) is 8.77. The molecule has 25 heavy (non-hydrogen) atoms. The first-order chi connectivity index (χ1) is 11.9. The lowest BCUT2D eigenvalue weighted by Gasteiger charge is -2.45. The fourth-order valence-electron chi connectivity index (χ4n) is 3.61. The van der Waals surface area contributed by atoms with Crippen LogP contribution in [-0.4, -0.2) is 51.4 Å². The zero-order chi connectivity index (χ0) is 18.0. The first kappa shape index (κ1) is 18.0. The number of carbonyl (C=O) groups excluding carboxylic acids is 1. The largest absolute Gasteiger partial charge is 0.396 e. The van der Waals surface area contributed by atoms with Gasteiger partial charge in [-0.1, -0.05) is 41.9 Å². The number of piperidine rings is 1. The van der Waals surface area contributed by atoms with Gasteiger partial charge < -0.3 is 19.7 Å². The van der Waals surface area contributed by atoms with E-state index in [-0.39, 0.29) is 12.5 Å². The molecule has 0 unspecified atom stereocenters. The van der Waals surface area contributed by atoms with Crippen molar-refractivity contribution in [3.8, 4) is 0 Å². The minimum Gasteiger partial charge on any atom is -0.396 e. The van der Waals surface area contributed by atoms with Crippen LogP contribution in [0.15, 0.2) is 42.6 Å². The summed E-state index contributed by atoms with van der Waals surface area (Å²) < 4.78 is 1.70. The Balaban J connectivity index is 1.84. The van der Waals surface area contributed by atoms with Gasteiger partial charge in [0.1, 0.15) is 5.69 Å². The van der Waals surface area contributed by atoms with Crippen molar-refractivity contribution in [2.24, 2.45) is 12.5 Å². The van der Waals surface area contributed by atoms with E-state index in [4.69, 9.17) is 11.6 Å². The van der Waals surface area contributed by atoms with Gasteiger partial charge in [-0.2, -0.15) is 0 Å². The number of amides is 1. The standard InChI is InChI=1S/C19H23ClN2O3/c1-21-11-15(20)9-16(21)18(25)22-8-7-17(24)19(12-22,13-23)10-14-5-3-2-4-6-14/h2-6,9,11,17,23-24H,7-8,10,12-13H2,1H3/t17-,19+/m0/s1. The van der Waals surface area contributed by atoms with Gasteiger partial charge in [-0.25, -0.2) is 0 Å². The summed E-state index contributed by atoms with van der Waals surface area (Å²) in [5.74, 6) is -0.132. The summed E-state index contributed by atoms with van der Waals surface area (Å²) in [4.78, 5) is 14.6. The van der Waals surface area contributed by atoms with E-state index >= 15 is 0 Å². The lowest BCUT2D eigenvalue weighted by atomic mass is 9.73. The summed E-state index contributed by atoms with van der Waals surface area (Å²) in [6.07, 6.45) is 2.00. The minimum absolute atomic E-state index is 0.132. The molecule has 1 saturated heterocycles. The molecule has 1 aliphatic heterocycles. The van der Waals surface area contributed by atoms with Crippen molar-refractivity contribution in [2.45, 2.75) is 18.9 Å². The molecule has 3 rings (SSSR count). The number of nitrogens with zero attached hydrogens (tertiary/aromatic N) is 2. The van der Waals surface area contributed by atoms with Crippen LogP contribution in [0.25, 0.3) is 0 Å². The number of aliphatic hydroxyl groups is 2. The number of benzene rings is 1. The van der Waals surface area contributed by atoms with E-state index in [1.807, 2.05) is 30.3 Å². The molecule has 1 aliphatic rings. The van der Waals surface area contributed by atoms with E-state index in [0.717, 1.165) is 5.56 Å². The van der Waals surface area contributed by atoms with Gasteiger partial charge in [0.25, 0.3) is 5.91 Å². The third kappa shape index (κ3) is 3.59. The molecule has 2 N–H and O–H groups in total. The molecule has 0 spiro atoms. The minimum atomic E-state index is -0.760. The Morgan fingerprint density at radius 2 is 2.08 bits per heavy atom. The van der Waals surface area contributed by atoms with Crippen molar-refractivity contribution < 1.29 is 15.0 Å². The van der Waals surface area contributed by atoms with Crippen LogP contribution in [-0.2, 0) is 13.5 Å². The molecule has 1 aromatic carbocycles. The Morgan fingerprint density at radius 1 is 1.36 bits per heavy atom. The van der Waals surface area contributed by atoms with Crippen LogP contribution < -0.4 is 0 Å². The van der Waals surface area contributed by atoms with E-state index in [1.165, 1.54) is 0 Å². The molecule has 1 fully saturated rings. The van der Waals surface area contributed by atoms with Gasteiger partial charge in [-0.3, -0.25) is 4.79 Å². The Labute approximate surface area is 152 Å². The quantitative estimate of drug-likeness (QED) is 0.875. The average molecular weight is 363 g/mol. The lowest BCUT2D eigenvalue weighted by Crippen LogP contribution is -2.56. The van der Waals surface area contributed by atoms with Gasteiger partial charge in [0.2, 0.25) is 0 Å². The van der Waals surface area contributed by atoms with Crippen LogP contribution in [0.4, 0.5) is 0 Å². The van der Waals surface area contributed by atoms with Crippen molar-refractivity contribution in [1.82, 2.24) is 9.47 Å². The molecule has 1 amide bonds. The Hall–Kier alpha value is -1.82. The highest BCUT2D eigenvalue weighted by Crippen LogP contribution is 2.34. The average Bonchev–Trinajstić information content (AvgIpc) is 2.95.